The van der Waals surface area contributed by atoms with Crippen molar-refractivity contribution in [1.29, 1.82) is 0 Å². The summed E-state index contributed by atoms with van der Waals surface area (Å²) in [6.07, 6.45) is 4.03. The summed E-state index contributed by atoms with van der Waals surface area (Å²) in [6.45, 7) is 1.22. The number of aromatic nitrogens is 3. The van der Waals surface area contributed by atoms with Crippen molar-refractivity contribution in [2.75, 3.05) is 13.7 Å². The van der Waals surface area contributed by atoms with Gasteiger partial charge in [0, 0.05) is 38.2 Å². The number of nitrogens with one attached hydrogen (secondary N) is 2. The molecule has 10 heteroatoms. The molecule has 0 aliphatic carbocycles. The molecule has 0 saturated carbocycles. The molecule has 2 aromatic rings. The smallest absolute Gasteiger partial charge is 0.387 e. The van der Waals surface area contributed by atoms with Crippen molar-refractivity contribution in [3.8, 4) is 11.5 Å². The van der Waals surface area contributed by atoms with Crippen LogP contribution in [-0.4, -0.2) is 41.0 Å². The van der Waals surface area contributed by atoms with Gasteiger partial charge in [0.1, 0.15) is 17.3 Å². The van der Waals surface area contributed by atoms with Gasteiger partial charge in [0.2, 0.25) is 0 Å². The molecule has 0 amide bonds. The zero-order valence-electron chi connectivity index (χ0n) is 17.3. The van der Waals surface area contributed by atoms with Gasteiger partial charge < -0.3 is 24.7 Å². The third-order valence-electron chi connectivity index (χ3n) is 4.75. The number of alkyl halides is 2. The Morgan fingerprint density at radius 3 is 2.83 bits per heavy atom. The lowest BCUT2D eigenvalue weighted by molar-refractivity contribution is -0.0505. The maximum absolute atomic E-state index is 12.8. The molecule has 0 radical (unpaired) electrons. The van der Waals surface area contributed by atoms with Crippen LogP contribution in [0.4, 0.5) is 8.78 Å². The Balaban J connectivity index is 1.60. The predicted molar refractivity (Wildman–Crippen MR) is 109 cm³/mol. The van der Waals surface area contributed by atoms with Crippen LogP contribution in [0.25, 0.3) is 0 Å². The van der Waals surface area contributed by atoms with E-state index in [9.17, 15) is 8.78 Å². The van der Waals surface area contributed by atoms with Crippen molar-refractivity contribution < 1.29 is 18.3 Å². The zero-order valence-corrected chi connectivity index (χ0v) is 17.3. The molecule has 1 aliphatic heterocycles. The second-order valence-corrected chi connectivity index (χ2v) is 6.92. The molecule has 8 nitrogen and oxygen atoms in total. The van der Waals surface area contributed by atoms with Crippen LogP contribution < -0.4 is 20.1 Å². The minimum atomic E-state index is -2.92. The highest BCUT2D eigenvalue weighted by Crippen LogP contribution is 2.26. The van der Waals surface area contributed by atoms with Crippen molar-refractivity contribution in [3.63, 3.8) is 0 Å². The number of rotatable bonds is 9. The Labute approximate surface area is 174 Å². The summed E-state index contributed by atoms with van der Waals surface area (Å²) in [6, 6.07) is 4.93. The second kappa shape index (κ2) is 10.7. The first-order valence-corrected chi connectivity index (χ1v) is 10.2. The molecule has 164 valence electrons. The molecular weight excluding hydrogens is 394 g/mol. The molecule has 1 aliphatic rings. The van der Waals surface area contributed by atoms with Gasteiger partial charge in [-0.05, 0) is 31.4 Å². The van der Waals surface area contributed by atoms with Crippen molar-refractivity contribution in [1.82, 2.24) is 25.4 Å². The van der Waals surface area contributed by atoms with Gasteiger partial charge in [-0.15, -0.1) is 10.2 Å². The maximum Gasteiger partial charge on any atom is 0.387 e. The number of halogens is 2. The SMILES string of the molecule is CCCOc1ccc(CNC(=NC)NCc2nnc3n2CCCC3)c(OC(F)F)c1. The number of hydrogen-bond acceptors (Lipinski definition) is 5. The largest absolute Gasteiger partial charge is 0.493 e. The average molecular weight is 422 g/mol. The Kier molecular flexibility index (Phi) is 7.81. The molecule has 0 unspecified atom stereocenters. The van der Waals surface area contributed by atoms with Gasteiger partial charge in [0.25, 0.3) is 0 Å². The quantitative estimate of drug-likeness (QED) is 0.478. The topological polar surface area (TPSA) is 85.6 Å². The lowest BCUT2D eigenvalue weighted by atomic mass is 10.2. The number of aryl methyl sites for hydroxylation is 1. The van der Waals surface area contributed by atoms with Crippen molar-refractivity contribution in [2.45, 2.75) is 58.9 Å². The van der Waals surface area contributed by atoms with E-state index in [4.69, 9.17) is 4.74 Å². The number of ether oxygens (including phenoxy) is 2. The summed E-state index contributed by atoms with van der Waals surface area (Å²) in [5.74, 6) is 2.97. The lowest BCUT2D eigenvalue weighted by Crippen LogP contribution is -2.37. The zero-order chi connectivity index (χ0) is 21.3. The van der Waals surface area contributed by atoms with Gasteiger partial charge >= 0.3 is 6.61 Å². The first-order chi connectivity index (χ1) is 14.6. The van der Waals surface area contributed by atoms with Gasteiger partial charge in [0.05, 0.1) is 13.2 Å². The predicted octanol–water partition coefficient (Wildman–Crippen LogP) is 2.87. The molecule has 1 aromatic carbocycles. The minimum Gasteiger partial charge on any atom is -0.493 e. The van der Waals surface area contributed by atoms with E-state index in [1.165, 1.54) is 6.07 Å². The van der Waals surface area contributed by atoms with Gasteiger partial charge in [-0.25, -0.2) is 0 Å². The molecule has 0 spiro atoms. The molecule has 30 heavy (non-hydrogen) atoms. The first kappa shape index (κ1) is 21.8. The van der Waals surface area contributed by atoms with Crippen LogP contribution in [0, 0.1) is 0 Å². The molecule has 1 aromatic heterocycles. The van der Waals surface area contributed by atoms with Gasteiger partial charge in [-0.2, -0.15) is 8.78 Å². The number of nitrogens with zero attached hydrogens (tertiary/aromatic N) is 4. The fourth-order valence-electron chi connectivity index (χ4n) is 3.26. The Morgan fingerprint density at radius 2 is 2.07 bits per heavy atom. The van der Waals surface area contributed by atoms with E-state index in [2.05, 4.69) is 35.1 Å². The second-order valence-electron chi connectivity index (χ2n) is 6.92. The number of hydrogen-bond donors (Lipinski definition) is 2. The fraction of sp³-hybridized carbons (Fsp3) is 0.550. The van der Waals surface area contributed by atoms with E-state index in [0.717, 1.165) is 43.9 Å². The van der Waals surface area contributed by atoms with E-state index >= 15 is 0 Å². The number of fused-ring (bicyclic) bond motifs is 1. The van der Waals surface area contributed by atoms with E-state index < -0.39 is 6.61 Å². The lowest BCUT2D eigenvalue weighted by Gasteiger charge is -2.17. The van der Waals surface area contributed by atoms with Crippen LogP contribution in [0.15, 0.2) is 23.2 Å². The normalized spacial score (nSPS) is 13.8. The van der Waals surface area contributed by atoms with Crippen LogP contribution in [0.1, 0.15) is 43.4 Å². The standard InChI is InChI=1S/C20H28F2N6O2/c1-3-10-29-15-8-7-14(16(11-15)30-19(21)22)12-24-20(23-2)25-13-18-27-26-17-6-4-5-9-28(17)18/h7-8,11,19H,3-6,9-10,12-13H2,1-2H3,(H2,23,24,25). The summed E-state index contributed by atoms with van der Waals surface area (Å²) in [7, 11) is 1.65. The van der Waals surface area contributed by atoms with Crippen LogP contribution in [0.2, 0.25) is 0 Å². The summed E-state index contributed by atoms with van der Waals surface area (Å²) in [5, 5.41) is 14.8. The van der Waals surface area contributed by atoms with Gasteiger partial charge in [0.15, 0.2) is 11.8 Å². The Hall–Kier alpha value is -2.91. The highest BCUT2D eigenvalue weighted by Gasteiger charge is 2.16. The third kappa shape index (κ3) is 5.80. The highest BCUT2D eigenvalue weighted by molar-refractivity contribution is 5.79. The van der Waals surface area contributed by atoms with Crippen LogP contribution in [0.3, 0.4) is 0 Å². The van der Waals surface area contributed by atoms with E-state index in [1.54, 1.807) is 19.2 Å². The summed E-state index contributed by atoms with van der Waals surface area (Å²) in [4.78, 5) is 4.19. The van der Waals surface area contributed by atoms with Crippen molar-refractivity contribution in [2.24, 2.45) is 4.99 Å². The first-order valence-electron chi connectivity index (χ1n) is 10.2. The van der Waals surface area contributed by atoms with E-state index in [0.29, 0.717) is 30.4 Å². The maximum atomic E-state index is 12.8. The van der Waals surface area contributed by atoms with Gasteiger partial charge in [-0.3, -0.25) is 4.99 Å². The van der Waals surface area contributed by atoms with Crippen LogP contribution in [-0.2, 0) is 26.1 Å². The number of benzene rings is 1. The molecule has 0 bridgehead atoms. The van der Waals surface area contributed by atoms with E-state index in [1.807, 2.05) is 6.92 Å². The Bertz CT molecular complexity index is 856. The van der Waals surface area contributed by atoms with Crippen LogP contribution in [0.5, 0.6) is 11.5 Å². The molecule has 3 rings (SSSR count). The molecule has 2 N–H and O–H groups in total. The van der Waals surface area contributed by atoms with Crippen LogP contribution >= 0.6 is 0 Å². The summed E-state index contributed by atoms with van der Waals surface area (Å²) in [5.41, 5.74) is 0.571. The molecular formula is C20H28F2N6O2. The molecule has 0 atom stereocenters. The van der Waals surface area contributed by atoms with Crippen molar-refractivity contribution in [3.05, 3.63) is 35.4 Å². The minimum absolute atomic E-state index is 0.0769. The number of aliphatic imine (C=N–C) groups is 1. The van der Waals surface area contributed by atoms with Gasteiger partial charge in [-0.1, -0.05) is 6.92 Å². The van der Waals surface area contributed by atoms with E-state index in [-0.39, 0.29) is 12.3 Å². The average Bonchev–Trinajstić information content (AvgIpc) is 3.16. The number of guanidine groups is 1. The molecule has 2 heterocycles. The molecule has 0 saturated heterocycles. The fourth-order valence-corrected chi connectivity index (χ4v) is 3.26. The summed E-state index contributed by atoms with van der Waals surface area (Å²) < 4.78 is 38.0. The van der Waals surface area contributed by atoms with Crippen molar-refractivity contribution >= 4 is 5.96 Å². The monoisotopic (exact) mass is 422 g/mol. The Morgan fingerprint density at radius 1 is 1.23 bits per heavy atom. The molecule has 0 fully saturated rings. The highest BCUT2D eigenvalue weighted by atomic mass is 19.3. The summed E-state index contributed by atoms with van der Waals surface area (Å²) >= 11 is 0. The third-order valence-corrected chi connectivity index (χ3v) is 4.75.